The minimum Gasteiger partial charge on any atom is -0.325 e. The van der Waals surface area contributed by atoms with Crippen molar-refractivity contribution in [1.29, 1.82) is 0 Å². The van der Waals surface area contributed by atoms with Crippen LogP contribution in [0, 0.1) is 0 Å². The van der Waals surface area contributed by atoms with Crippen molar-refractivity contribution >= 4 is 0 Å². The Kier molecular flexibility index (Phi) is 3.91. The SMILES string of the molecule is CC1CCCCN1Cc1cccnc1CN. The average molecular weight is 219 g/mol. The quantitative estimate of drug-likeness (QED) is 0.844. The van der Waals surface area contributed by atoms with Gasteiger partial charge in [-0.25, -0.2) is 0 Å². The van der Waals surface area contributed by atoms with Crippen LogP contribution in [0.25, 0.3) is 0 Å². The van der Waals surface area contributed by atoms with E-state index in [-0.39, 0.29) is 0 Å². The minimum absolute atomic E-state index is 0.540. The number of aromatic nitrogens is 1. The van der Waals surface area contributed by atoms with Gasteiger partial charge in [-0.15, -0.1) is 0 Å². The Morgan fingerprint density at radius 1 is 1.50 bits per heavy atom. The van der Waals surface area contributed by atoms with E-state index >= 15 is 0 Å². The summed E-state index contributed by atoms with van der Waals surface area (Å²) in [7, 11) is 0. The molecule has 3 nitrogen and oxygen atoms in total. The first-order chi connectivity index (χ1) is 7.81. The standard InChI is InChI=1S/C13H21N3/c1-11-5-2-3-8-16(11)10-12-6-4-7-15-13(12)9-14/h4,6-7,11H,2-3,5,8-10,14H2,1H3. The molecule has 88 valence electrons. The zero-order valence-electron chi connectivity index (χ0n) is 10.0. The van der Waals surface area contributed by atoms with E-state index in [1.54, 1.807) is 0 Å². The topological polar surface area (TPSA) is 42.2 Å². The molecule has 0 amide bonds. The summed E-state index contributed by atoms with van der Waals surface area (Å²) in [5.74, 6) is 0. The molecule has 16 heavy (non-hydrogen) atoms. The Morgan fingerprint density at radius 2 is 2.38 bits per heavy atom. The van der Waals surface area contributed by atoms with Gasteiger partial charge in [0, 0.05) is 25.3 Å². The summed E-state index contributed by atoms with van der Waals surface area (Å²) in [5, 5.41) is 0. The molecule has 0 spiro atoms. The zero-order valence-corrected chi connectivity index (χ0v) is 10.0. The largest absolute Gasteiger partial charge is 0.325 e. The Hall–Kier alpha value is -0.930. The lowest BCUT2D eigenvalue weighted by molar-refractivity contribution is 0.152. The predicted octanol–water partition coefficient (Wildman–Crippen LogP) is 1.91. The maximum atomic E-state index is 5.71. The van der Waals surface area contributed by atoms with Crippen LogP contribution in [0.4, 0.5) is 0 Å². The molecule has 2 rings (SSSR count). The number of pyridine rings is 1. The Balaban J connectivity index is 2.07. The van der Waals surface area contributed by atoms with E-state index in [4.69, 9.17) is 5.73 Å². The van der Waals surface area contributed by atoms with Gasteiger partial charge in [0.25, 0.3) is 0 Å². The van der Waals surface area contributed by atoms with Crippen molar-refractivity contribution < 1.29 is 0 Å². The number of nitrogens with zero attached hydrogens (tertiary/aromatic N) is 2. The summed E-state index contributed by atoms with van der Waals surface area (Å²) in [6, 6.07) is 4.85. The van der Waals surface area contributed by atoms with Gasteiger partial charge in [-0.05, 0) is 37.9 Å². The summed E-state index contributed by atoms with van der Waals surface area (Å²) in [4.78, 5) is 6.88. The van der Waals surface area contributed by atoms with Gasteiger partial charge in [0.2, 0.25) is 0 Å². The van der Waals surface area contributed by atoms with Crippen LogP contribution in [0.1, 0.15) is 37.4 Å². The molecule has 1 saturated heterocycles. The molecule has 1 aromatic rings. The third kappa shape index (κ3) is 2.60. The summed E-state index contributed by atoms with van der Waals surface area (Å²) in [6.07, 6.45) is 5.83. The van der Waals surface area contributed by atoms with E-state index < -0.39 is 0 Å². The third-order valence-electron chi connectivity index (χ3n) is 3.49. The molecule has 1 fully saturated rings. The van der Waals surface area contributed by atoms with Crippen molar-refractivity contribution in [2.75, 3.05) is 6.54 Å². The van der Waals surface area contributed by atoms with Crippen molar-refractivity contribution in [2.24, 2.45) is 5.73 Å². The molecule has 0 bridgehead atoms. The fraction of sp³-hybridized carbons (Fsp3) is 0.615. The number of piperidine rings is 1. The molecule has 0 aliphatic carbocycles. The van der Waals surface area contributed by atoms with Crippen LogP contribution >= 0.6 is 0 Å². The second kappa shape index (κ2) is 5.41. The third-order valence-corrected chi connectivity index (χ3v) is 3.49. The van der Waals surface area contributed by atoms with Crippen molar-refractivity contribution in [1.82, 2.24) is 9.88 Å². The van der Waals surface area contributed by atoms with Crippen molar-refractivity contribution in [3.05, 3.63) is 29.6 Å². The first-order valence-corrected chi connectivity index (χ1v) is 6.18. The molecular formula is C13H21N3. The fourth-order valence-electron chi connectivity index (χ4n) is 2.41. The minimum atomic E-state index is 0.540. The molecule has 0 radical (unpaired) electrons. The van der Waals surface area contributed by atoms with Crippen molar-refractivity contribution in [3.8, 4) is 0 Å². The Bertz CT molecular complexity index is 338. The van der Waals surface area contributed by atoms with Crippen molar-refractivity contribution in [2.45, 2.75) is 45.3 Å². The van der Waals surface area contributed by atoms with Crippen LogP contribution in [-0.2, 0) is 13.1 Å². The van der Waals surface area contributed by atoms with Gasteiger partial charge in [-0.2, -0.15) is 0 Å². The van der Waals surface area contributed by atoms with E-state index in [1.165, 1.54) is 31.4 Å². The lowest BCUT2D eigenvalue weighted by Crippen LogP contribution is -2.37. The second-order valence-corrected chi connectivity index (χ2v) is 4.63. The van der Waals surface area contributed by atoms with Gasteiger partial charge >= 0.3 is 0 Å². The van der Waals surface area contributed by atoms with Gasteiger partial charge < -0.3 is 5.73 Å². The van der Waals surface area contributed by atoms with E-state index in [0.29, 0.717) is 12.6 Å². The number of nitrogens with two attached hydrogens (primary N) is 1. The summed E-state index contributed by atoms with van der Waals surface area (Å²) < 4.78 is 0. The normalized spacial score (nSPS) is 22.2. The highest BCUT2D eigenvalue weighted by molar-refractivity contribution is 5.19. The lowest BCUT2D eigenvalue weighted by Gasteiger charge is -2.33. The molecule has 1 atom stereocenters. The van der Waals surface area contributed by atoms with Crippen LogP contribution in [0.3, 0.4) is 0 Å². The molecule has 0 aromatic carbocycles. The molecule has 1 unspecified atom stereocenters. The molecule has 3 heteroatoms. The van der Waals surface area contributed by atoms with Crippen LogP contribution in [-0.4, -0.2) is 22.5 Å². The first kappa shape index (κ1) is 11.6. The number of likely N-dealkylation sites (tertiary alicyclic amines) is 1. The van der Waals surface area contributed by atoms with E-state index in [2.05, 4.69) is 22.9 Å². The van der Waals surface area contributed by atoms with Gasteiger partial charge in [0.1, 0.15) is 0 Å². The van der Waals surface area contributed by atoms with Gasteiger partial charge in [0.15, 0.2) is 0 Å². The fourth-order valence-corrected chi connectivity index (χ4v) is 2.41. The van der Waals surface area contributed by atoms with Crippen LogP contribution in [0.2, 0.25) is 0 Å². The summed E-state index contributed by atoms with van der Waals surface area (Å²) >= 11 is 0. The van der Waals surface area contributed by atoms with Gasteiger partial charge in [-0.1, -0.05) is 12.5 Å². The smallest absolute Gasteiger partial charge is 0.0584 e. The monoisotopic (exact) mass is 219 g/mol. The Labute approximate surface area is 97.7 Å². The Morgan fingerprint density at radius 3 is 3.12 bits per heavy atom. The molecule has 2 heterocycles. The first-order valence-electron chi connectivity index (χ1n) is 6.18. The zero-order chi connectivity index (χ0) is 11.4. The summed E-state index contributed by atoms with van der Waals surface area (Å²) in [6.45, 7) is 5.07. The number of hydrogen-bond acceptors (Lipinski definition) is 3. The molecule has 1 aliphatic rings. The van der Waals surface area contributed by atoms with Crippen LogP contribution in [0.5, 0.6) is 0 Å². The highest BCUT2D eigenvalue weighted by Gasteiger charge is 2.18. The summed E-state index contributed by atoms with van der Waals surface area (Å²) in [5.41, 5.74) is 8.04. The maximum absolute atomic E-state index is 5.71. The van der Waals surface area contributed by atoms with E-state index in [0.717, 1.165) is 12.2 Å². The average Bonchev–Trinajstić information content (AvgIpc) is 2.33. The molecule has 0 saturated carbocycles. The van der Waals surface area contributed by atoms with Gasteiger partial charge in [0.05, 0.1) is 5.69 Å². The van der Waals surface area contributed by atoms with Crippen molar-refractivity contribution in [3.63, 3.8) is 0 Å². The highest BCUT2D eigenvalue weighted by Crippen LogP contribution is 2.19. The molecule has 1 aromatic heterocycles. The number of hydrogen-bond donors (Lipinski definition) is 1. The van der Waals surface area contributed by atoms with Gasteiger partial charge in [-0.3, -0.25) is 9.88 Å². The van der Waals surface area contributed by atoms with E-state index in [1.807, 2.05) is 12.3 Å². The maximum Gasteiger partial charge on any atom is 0.0584 e. The van der Waals surface area contributed by atoms with E-state index in [9.17, 15) is 0 Å². The highest BCUT2D eigenvalue weighted by atomic mass is 15.2. The molecule has 1 aliphatic heterocycles. The lowest BCUT2D eigenvalue weighted by atomic mass is 10.0. The number of rotatable bonds is 3. The molecular weight excluding hydrogens is 198 g/mol. The van der Waals surface area contributed by atoms with Crippen LogP contribution in [0.15, 0.2) is 18.3 Å². The molecule has 2 N–H and O–H groups in total. The van der Waals surface area contributed by atoms with Crippen LogP contribution < -0.4 is 5.73 Å². The predicted molar refractivity (Wildman–Crippen MR) is 65.9 cm³/mol. The second-order valence-electron chi connectivity index (χ2n) is 4.63.